The molecule has 70 valence electrons. The second-order valence-corrected chi connectivity index (χ2v) is 6.79. The molecule has 4 heteroatoms. The van der Waals surface area contributed by atoms with Gasteiger partial charge < -0.3 is 0 Å². The molecule has 0 amide bonds. The third-order valence-corrected chi connectivity index (χ3v) is 5.37. The lowest BCUT2D eigenvalue weighted by Gasteiger charge is -2.44. The van der Waals surface area contributed by atoms with Gasteiger partial charge >= 0.3 is 0 Å². The molecule has 2 aliphatic rings. The predicted molar refractivity (Wildman–Crippen MR) is 48.6 cm³/mol. The lowest BCUT2D eigenvalue weighted by Crippen LogP contribution is -2.42. The summed E-state index contributed by atoms with van der Waals surface area (Å²) in [6, 6.07) is 0. The van der Waals surface area contributed by atoms with Gasteiger partial charge in [0, 0.05) is 10.7 Å². The Balaban J connectivity index is 2.15. The third kappa shape index (κ3) is 1.37. The van der Waals surface area contributed by atoms with E-state index in [9.17, 15) is 8.42 Å². The summed E-state index contributed by atoms with van der Waals surface area (Å²) in [5.74, 6) is 1.05. The van der Waals surface area contributed by atoms with Crippen molar-refractivity contribution in [2.45, 2.75) is 37.4 Å². The maximum Gasteiger partial charge on any atom is 0.235 e. The summed E-state index contributed by atoms with van der Waals surface area (Å²) < 4.78 is 22.3. The molecule has 0 saturated heterocycles. The molecule has 0 spiro atoms. The first-order chi connectivity index (χ1) is 5.59. The van der Waals surface area contributed by atoms with Gasteiger partial charge in [-0.1, -0.05) is 12.8 Å². The van der Waals surface area contributed by atoms with E-state index >= 15 is 0 Å². The minimum atomic E-state index is -3.28. The van der Waals surface area contributed by atoms with Crippen LogP contribution in [-0.4, -0.2) is 13.7 Å². The van der Waals surface area contributed by atoms with Crippen LogP contribution in [0.4, 0.5) is 0 Å². The van der Waals surface area contributed by atoms with Crippen LogP contribution >= 0.6 is 10.7 Å². The van der Waals surface area contributed by atoms with E-state index in [2.05, 4.69) is 0 Å². The third-order valence-electron chi connectivity index (χ3n) is 3.38. The normalized spacial score (nSPS) is 41.6. The standard InChI is InChI=1S/C8H13ClO2S/c9-12(10,11)8-3-1-2-6-4-5-7(6)8/h6-8H,1-5H2. The summed E-state index contributed by atoms with van der Waals surface area (Å²) in [6.07, 6.45) is 5.33. The van der Waals surface area contributed by atoms with Gasteiger partial charge in [0.2, 0.25) is 9.05 Å². The Labute approximate surface area is 77.7 Å². The molecule has 0 bridgehead atoms. The Kier molecular flexibility index (Phi) is 2.11. The van der Waals surface area contributed by atoms with Crippen molar-refractivity contribution >= 4 is 19.7 Å². The van der Waals surface area contributed by atoms with Gasteiger partial charge in [-0.15, -0.1) is 0 Å². The van der Waals surface area contributed by atoms with E-state index < -0.39 is 9.05 Å². The topological polar surface area (TPSA) is 34.1 Å². The SMILES string of the molecule is O=S(=O)(Cl)C1CCCC2CCC21. The van der Waals surface area contributed by atoms with Gasteiger partial charge in [-0.2, -0.15) is 0 Å². The van der Waals surface area contributed by atoms with Gasteiger partial charge in [0.15, 0.2) is 0 Å². The number of hydrogen-bond donors (Lipinski definition) is 0. The molecular formula is C8H13ClO2S. The van der Waals surface area contributed by atoms with Gasteiger partial charge in [-0.3, -0.25) is 0 Å². The zero-order chi connectivity index (χ0) is 8.77. The van der Waals surface area contributed by atoms with Gasteiger partial charge in [-0.25, -0.2) is 8.42 Å². The number of hydrogen-bond acceptors (Lipinski definition) is 2. The molecule has 2 nitrogen and oxygen atoms in total. The van der Waals surface area contributed by atoms with Crippen molar-refractivity contribution in [2.24, 2.45) is 11.8 Å². The predicted octanol–water partition coefficient (Wildman–Crippen LogP) is 2.13. The number of halogens is 1. The summed E-state index contributed by atoms with van der Waals surface area (Å²) in [4.78, 5) is 0. The molecule has 0 aromatic rings. The zero-order valence-corrected chi connectivity index (χ0v) is 8.44. The van der Waals surface area contributed by atoms with E-state index in [0.29, 0.717) is 11.8 Å². The van der Waals surface area contributed by atoms with E-state index in [1.54, 1.807) is 0 Å². The van der Waals surface area contributed by atoms with Crippen LogP contribution in [0.2, 0.25) is 0 Å². The largest absolute Gasteiger partial charge is 0.235 e. The van der Waals surface area contributed by atoms with Gasteiger partial charge in [0.1, 0.15) is 0 Å². The maximum absolute atomic E-state index is 11.1. The van der Waals surface area contributed by atoms with Gasteiger partial charge in [0.25, 0.3) is 0 Å². The van der Waals surface area contributed by atoms with Gasteiger partial charge in [-0.05, 0) is 31.1 Å². The lowest BCUT2D eigenvalue weighted by molar-refractivity contribution is 0.119. The Bertz CT molecular complexity index is 273. The molecule has 0 aromatic heterocycles. The van der Waals surface area contributed by atoms with Crippen LogP contribution in [0.5, 0.6) is 0 Å². The molecule has 3 atom stereocenters. The summed E-state index contributed by atoms with van der Waals surface area (Å²) >= 11 is 0. The average Bonchev–Trinajstić information content (AvgIpc) is 1.88. The molecule has 0 heterocycles. The second kappa shape index (κ2) is 2.88. The van der Waals surface area contributed by atoms with Crippen molar-refractivity contribution in [1.82, 2.24) is 0 Å². The van der Waals surface area contributed by atoms with E-state index in [1.807, 2.05) is 0 Å². The zero-order valence-electron chi connectivity index (χ0n) is 6.87. The van der Waals surface area contributed by atoms with Crippen LogP contribution in [0.25, 0.3) is 0 Å². The van der Waals surface area contributed by atoms with Crippen molar-refractivity contribution in [2.75, 3.05) is 0 Å². The van der Waals surface area contributed by atoms with Crippen LogP contribution in [0.3, 0.4) is 0 Å². The number of fused-ring (bicyclic) bond motifs is 1. The molecule has 2 aliphatic carbocycles. The fourth-order valence-electron chi connectivity index (χ4n) is 2.59. The molecule has 2 rings (SSSR count). The fourth-order valence-corrected chi connectivity index (χ4v) is 4.48. The minimum Gasteiger partial charge on any atom is -0.212 e. The molecule has 0 N–H and O–H groups in total. The Morgan fingerprint density at radius 3 is 2.25 bits per heavy atom. The van der Waals surface area contributed by atoms with Crippen molar-refractivity contribution in [3.63, 3.8) is 0 Å². The van der Waals surface area contributed by atoms with E-state index in [1.165, 1.54) is 12.8 Å². The summed E-state index contributed by atoms with van der Waals surface area (Å²) in [7, 11) is 2.09. The smallest absolute Gasteiger partial charge is 0.212 e. The summed E-state index contributed by atoms with van der Waals surface area (Å²) in [6.45, 7) is 0. The van der Waals surface area contributed by atoms with Crippen molar-refractivity contribution in [3.05, 3.63) is 0 Å². The maximum atomic E-state index is 11.1. The molecule has 12 heavy (non-hydrogen) atoms. The highest BCUT2D eigenvalue weighted by Gasteiger charge is 2.44. The molecule has 0 aliphatic heterocycles. The van der Waals surface area contributed by atoms with Crippen molar-refractivity contribution in [3.8, 4) is 0 Å². The van der Waals surface area contributed by atoms with E-state index in [0.717, 1.165) is 19.3 Å². The summed E-state index contributed by atoms with van der Waals surface area (Å²) in [5.41, 5.74) is 0. The van der Waals surface area contributed by atoms with E-state index in [4.69, 9.17) is 10.7 Å². The molecule has 0 aromatic carbocycles. The van der Waals surface area contributed by atoms with Gasteiger partial charge in [0.05, 0.1) is 5.25 Å². The molecule has 0 radical (unpaired) electrons. The average molecular weight is 209 g/mol. The van der Waals surface area contributed by atoms with Crippen molar-refractivity contribution < 1.29 is 8.42 Å². The van der Waals surface area contributed by atoms with E-state index in [-0.39, 0.29) is 5.25 Å². The molecule has 3 unspecified atom stereocenters. The second-order valence-electron chi connectivity index (χ2n) is 3.95. The molecular weight excluding hydrogens is 196 g/mol. The Morgan fingerprint density at radius 2 is 1.83 bits per heavy atom. The highest BCUT2D eigenvalue weighted by Crippen LogP contribution is 2.47. The highest BCUT2D eigenvalue weighted by molar-refractivity contribution is 8.14. The van der Waals surface area contributed by atoms with Crippen LogP contribution < -0.4 is 0 Å². The summed E-state index contributed by atoms with van der Waals surface area (Å²) in [5, 5.41) is -0.230. The lowest BCUT2D eigenvalue weighted by atomic mass is 9.65. The van der Waals surface area contributed by atoms with Crippen molar-refractivity contribution in [1.29, 1.82) is 0 Å². The minimum absolute atomic E-state index is 0.230. The monoisotopic (exact) mass is 208 g/mol. The highest BCUT2D eigenvalue weighted by atomic mass is 35.7. The Hall–Kier alpha value is 0.240. The molecule has 2 fully saturated rings. The first kappa shape index (κ1) is 8.82. The van der Waals surface area contributed by atoms with Crippen LogP contribution in [0.15, 0.2) is 0 Å². The Morgan fingerprint density at radius 1 is 1.08 bits per heavy atom. The number of rotatable bonds is 1. The first-order valence-electron chi connectivity index (χ1n) is 4.52. The fraction of sp³-hybridized carbons (Fsp3) is 1.00. The molecule has 2 saturated carbocycles. The van der Waals surface area contributed by atoms with Crippen LogP contribution in [0, 0.1) is 11.8 Å². The quantitative estimate of drug-likeness (QED) is 0.619. The van der Waals surface area contributed by atoms with Crippen LogP contribution in [0.1, 0.15) is 32.1 Å². The first-order valence-corrected chi connectivity index (χ1v) is 6.90. The van der Waals surface area contributed by atoms with Crippen LogP contribution in [-0.2, 0) is 9.05 Å².